The zero-order valence-electron chi connectivity index (χ0n) is 11.3. The third-order valence-electron chi connectivity index (χ3n) is 3.12. The first-order valence-corrected chi connectivity index (χ1v) is 6.42. The summed E-state index contributed by atoms with van der Waals surface area (Å²) >= 11 is 0. The van der Waals surface area contributed by atoms with E-state index in [4.69, 9.17) is 9.47 Å². The van der Waals surface area contributed by atoms with Gasteiger partial charge in [0.1, 0.15) is 12.7 Å². The molecule has 1 fully saturated rings. The molecule has 1 aliphatic heterocycles. The maximum Gasteiger partial charge on any atom is 0.248 e. The summed E-state index contributed by atoms with van der Waals surface area (Å²) in [5, 5.41) is 7.94. The van der Waals surface area contributed by atoms with Gasteiger partial charge in [-0.2, -0.15) is 5.10 Å². The zero-order chi connectivity index (χ0) is 13.7. The summed E-state index contributed by atoms with van der Waals surface area (Å²) in [4.78, 5) is 13.4. The highest BCUT2D eigenvalue weighted by Crippen LogP contribution is 2.16. The Morgan fingerprint density at radius 1 is 1.37 bits per heavy atom. The van der Waals surface area contributed by atoms with E-state index >= 15 is 0 Å². The normalized spacial score (nSPS) is 16.4. The first-order valence-electron chi connectivity index (χ1n) is 6.42. The van der Waals surface area contributed by atoms with Crippen LogP contribution in [0.3, 0.4) is 0 Å². The highest BCUT2D eigenvalue weighted by Gasteiger charge is 2.23. The number of methoxy groups -OCH3 is 1. The molecule has 2 rings (SSSR count). The van der Waals surface area contributed by atoms with Crippen LogP contribution in [0.1, 0.15) is 18.5 Å². The number of hydrogen-bond donors (Lipinski definition) is 0. The number of amides is 1. The minimum Gasteiger partial charge on any atom is -0.473 e. The second-order valence-corrected chi connectivity index (χ2v) is 4.64. The van der Waals surface area contributed by atoms with Crippen molar-refractivity contribution in [3.63, 3.8) is 0 Å². The Bertz CT molecular complexity index is 414. The molecule has 0 saturated carbocycles. The third kappa shape index (κ3) is 3.89. The average Bonchev–Trinajstić information content (AvgIpc) is 2.42. The van der Waals surface area contributed by atoms with E-state index in [2.05, 4.69) is 10.2 Å². The molecule has 1 amide bonds. The molecule has 0 spiro atoms. The van der Waals surface area contributed by atoms with Crippen molar-refractivity contribution in [1.29, 1.82) is 0 Å². The van der Waals surface area contributed by atoms with Gasteiger partial charge in [-0.05, 0) is 13.0 Å². The first-order chi connectivity index (χ1) is 9.19. The maximum atomic E-state index is 11.6. The molecule has 1 aromatic rings. The lowest BCUT2D eigenvalue weighted by Crippen LogP contribution is -2.43. The van der Waals surface area contributed by atoms with E-state index in [1.165, 1.54) is 7.11 Å². The fraction of sp³-hybridized carbons (Fsp3) is 0.615. The minimum atomic E-state index is 0.0380. The van der Waals surface area contributed by atoms with Gasteiger partial charge in [-0.15, -0.1) is 5.10 Å². The van der Waals surface area contributed by atoms with Gasteiger partial charge in [0.25, 0.3) is 0 Å². The van der Waals surface area contributed by atoms with Crippen molar-refractivity contribution in [2.75, 3.05) is 26.8 Å². The van der Waals surface area contributed by atoms with Crippen molar-refractivity contribution in [2.24, 2.45) is 0 Å². The summed E-state index contributed by atoms with van der Waals surface area (Å²) in [6.45, 7) is 3.43. The highest BCUT2D eigenvalue weighted by molar-refractivity contribution is 5.77. The van der Waals surface area contributed by atoms with Gasteiger partial charge in [0.2, 0.25) is 11.8 Å². The largest absolute Gasteiger partial charge is 0.473 e. The van der Waals surface area contributed by atoms with Gasteiger partial charge in [0.05, 0.1) is 5.69 Å². The number of likely N-dealkylation sites (tertiary alicyclic amines) is 1. The van der Waals surface area contributed by atoms with Gasteiger partial charge < -0.3 is 14.4 Å². The molecule has 2 heterocycles. The molecule has 104 valence electrons. The second-order valence-electron chi connectivity index (χ2n) is 4.64. The Labute approximate surface area is 112 Å². The molecular formula is C13H19N3O3. The lowest BCUT2D eigenvalue weighted by molar-refractivity contribution is -0.136. The van der Waals surface area contributed by atoms with E-state index in [1.54, 1.807) is 0 Å². The van der Waals surface area contributed by atoms with Gasteiger partial charge in [-0.25, -0.2) is 0 Å². The molecule has 6 nitrogen and oxygen atoms in total. The highest BCUT2D eigenvalue weighted by atomic mass is 16.5. The van der Waals surface area contributed by atoms with Crippen LogP contribution in [0.2, 0.25) is 0 Å². The molecule has 0 aromatic carbocycles. The Hall–Kier alpha value is -1.69. The summed E-state index contributed by atoms with van der Waals surface area (Å²) in [5.74, 6) is 0.586. The molecule has 1 saturated heterocycles. The number of ether oxygens (including phenoxy) is 2. The zero-order valence-corrected chi connectivity index (χ0v) is 11.3. The number of carbonyl (C=O) groups excluding carboxylic acids is 1. The number of rotatable bonds is 4. The number of nitrogens with zero attached hydrogens (tertiary/aromatic N) is 3. The molecule has 19 heavy (non-hydrogen) atoms. The summed E-state index contributed by atoms with van der Waals surface area (Å²) in [5.41, 5.74) is 0.868. The standard InChI is InChI=1S/C13H19N3O3/c1-10-3-4-12(15-14-10)19-11-5-7-16(8-6-11)13(17)9-18-2/h3-4,11H,5-9H2,1-2H3. The molecule has 1 aromatic heterocycles. The van der Waals surface area contributed by atoms with Crippen LogP contribution in [0.25, 0.3) is 0 Å². The molecule has 6 heteroatoms. The molecule has 1 aliphatic rings. The Kier molecular flexibility index (Phi) is 4.68. The average molecular weight is 265 g/mol. The van der Waals surface area contributed by atoms with Crippen molar-refractivity contribution < 1.29 is 14.3 Å². The molecule has 0 atom stereocenters. The van der Waals surface area contributed by atoms with Crippen LogP contribution in [0, 0.1) is 6.92 Å². The number of aryl methyl sites for hydroxylation is 1. The maximum absolute atomic E-state index is 11.6. The monoisotopic (exact) mass is 265 g/mol. The van der Waals surface area contributed by atoms with Gasteiger partial charge in [0, 0.05) is 39.1 Å². The van der Waals surface area contributed by atoms with Crippen LogP contribution >= 0.6 is 0 Å². The first kappa shape index (κ1) is 13.7. The van der Waals surface area contributed by atoms with Gasteiger partial charge in [-0.3, -0.25) is 4.79 Å². The van der Waals surface area contributed by atoms with Crippen LogP contribution in [0.5, 0.6) is 5.88 Å². The van der Waals surface area contributed by atoms with E-state index in [0.29, 0.717) is 19.0 Å². The van der Waals surface area contributed by atoms with Crippen LogP contribution in [0.4, 0.5) is 0 Å². The lowest BCUT2D eigenvalue weighted by atomic mass is 10.1. The predicted molar refractivity (Wildman–Crippen MR) is 68.9 cm³/mol. The van der Waals surface area contributed by atoms with Crippen molar-refractivity contribution in [2.45, 2.75) is 25.9 Å². The van der Waals surface area contributed by atoms with E-state index < -0.39 is 0 Å². The van der Waals surface area contributed by atoms with E-state index in [0.717, 1.165) is 18.5 Å². The molecule has 0 unspecified atom stereocenters. The van der Waals surface area contributed by atoms with Crippen molar-refractivity contribution in [3.8, 4) is 5.88 Å². The molecule has 0 radical (unpaired) electrons. The molecule has 0 N–H and O–H groups in total. The molecule has 0 bridgehead atoms. The number of carbonyl (C=O) groups is 1. The summed E-state index contributed by atoms with van der Waals surface area (Å²) in [6.07, 6.45) is 1.72. The number of piperidine rings is 1. The Morgan fingerprint density at radius 3 is 2.68 bits per heavy atom. The summed E-state index contributed by atoms with van der Waals surface area (Å²) in [7, 11) is 1.53. The minimum absolute atomic E-state index is 0.0380. The van der Waals surface area contributed by atoms with Crippen molar-refractivity contribution >= 4 is 5.91 Å². The van der Waals surface area contributed by atoms with Gasteiger partial charge in [-0.1, -0.05) is 0 Å². The smallest absolute Gasteiger partial charge is 0.248 e. The predicted octanol–water partition coefficient (Wildman–Crippen LogP) is 0.801. The quantitative estimate of drug-likeness (QED) is 0.805. The number of aromatic nitrogens is 2. The second kappa shape index (κ2) is 6.47. The van der Waals surface area contributed by atoms with Gasteiger partial charge >= 0.3 is 0 Å². The van der Waals surface area contributed by atoms with Crippen LogP contribution < -0.4 is 4.74 Å². The summed E-state index contributed by atoms with van der Waals surface area (Å²) < 4.78 is 10.6. The SMILES string of the molecule is COCC(=O)N1CCC(Oc2ccc(C)nn2)CC1. The number of hydrogen-bond acceptors (Lipinski definition) is 5. The third-order valence-corrected chi connectivity index (χ3v) is 3.12. The molecular weight excluding hydrogens is 246 g/mol. The molecule has 0 aliphatic carbocycles. The van der Waals surface area contributed by atoms with Crippen molar-refractivity contribution in [3.05, 3.63) is 17.8 Å². The topological polar surface area (TPSA) is 64.5 Å². The van der Waals surface area contributed by atoms with Crippen LogP contribution in [-0.2, 0) is 9.53 Å². The fourth-order valence-corrected chi connectivity index (χ4v) is 2.06. The fourth-order valence-electron chi connectivity index (χ4n) is 2.06. The van der Waals surface area contributed by atoms with E-state index in [1.807, 2.05) is 24.0 Å². The van der Waals surface area contributed by atoms with E-state index in [9.17, 15) is 4.79 Å². The van der Waals surface area contributed by atoms with Crippen LogP contribution in [-0.4, -0.2) is 53.9 Å². The van der Waals surface area contributed by atoms with Gasteiger partial charge in [0.15, 0.2) is 0 Å². The Balaban J connectivity index is 1.80. The Morgan fingerprint density at radius 2 is 2.11 bits per heavy atom. The lowest BCUT2D eigenvalue weighted by Gasteiger charge is -2.31. The summed E-state index contributed by atoms with van der Waals surface area (Å²) in [6, 6.07) is 3.70. The van der Waals surface area contributed by atoms with Crippen LogP contribution in [0.15, 0.2) is 12.1 Å². The van der Waals surface area contributed by atoms with Crippen molar-refractivity contribution in [1.82, 2.24) is 15.1 Å². The van der Waals surface area contributed by atoms with E-state index in [-0.39, 0.29) is 18.6 Å².